The molecule has 6 nitrogen and oxygen atoms in total. The molecule has 0 amide bonds. The van der Waals surface area contributed by atoms with Crippen LogP contribution in [0.3, 0.4) is 0 Å². The predicted molar refractivity (Wildman–Crippen MR) is 91.2 cm³/mol. The summed E-state index contributed by atoms with van der Waals surface area (Å²) in [5.41, 5.74) is 2.21. The van der Waals surface area contributed by atoms with Gasteiger partial charge in [-0.2, -0.15) is 5.26 Å². The number of hydrogen-bond acceptors (Lipinski definition) is 5. The Morgan fingerprint density at radius 2 is 1.96 bits per heavy atom. The number of aliphatic hydroxyl groups is 1. The molecule has 2 rings (SSSR count). The van der Waals surface area contributed by atoms with Crippen LogP contribution in [0, 0.1) is 18.3 Å². The Bertz CT molecular complexity index is 669. The maximum absolute atomic E-state index is 10.5. The van der Waals surface area contributed by atoms with Crippen LogP contribution in [0.1, 0.15) is 57.1 Å². The first kappa shape index (κ1) is 20.7. The van der Waals surface area contributed by atoms with Gasteiger partial charge in [-0.05, 0) is 12.8 Å². The van der Waals surface area contributed by atoms with Crippen molar-refractivity contribution >= 4 is 17.3 Å². The molecule has 2 aromatic rings. The fourth-order valence-electron chi connectivity index (χ4n) is 2.19. The number of aldehydes is 1. The molecule has 0 aromatic carbocycles. The smallest absolute Gasteiger partial charge is 0.145 e. The summed E-state index contributed by atoms with van der Waals surface area (Å²) in [6.07, 6.45) is 3.04. The Balaban J connectivity index is 0.00000112. The van der Waals surface area contributed by atoms with E-state index in [9.17, 15) is 10.1 Å². The zero-order chi connectivity index (χ0) is 18.0. The number of aryl methyl sites for hydroxylation is 2. The lowest BCUT2D eigenvalue weighted by molar-refractivity contribution is -0.108. The monoisotopic (exact) mass is 318 g/mol. The lowest BCUT2D eigenvalue weighted by Gasteiger charge is -2.08. The number of nitrogens with zero attached hydrogens (tertiary/aromatic N) is 4. The first-order chi connectivity index (χ1) is 11.1. The van der Waals surface area contributed by atoms with E-state index in [1.165, 1.54) is 0 Å². The molecule has 0 aliphatic heterocycles. The average Bonchev–Trinajstić information content (AvgIpc) is 2.93. The van der Waals surface area contributed by atoms with Gasteiger partial charge < -0.3 is 14.5 Å². The molecule has 0 aliphatic carbocycles. The lowest BCUT2D eigenvalue weighted by atomic mass is 10.0. The minimum absolute atomic E-state index is 0.221. The topological polar surface area (TPSA) is 91.8 Å². The van der Waals surface area contributed by atoms with Crippen LogP contribution in [0.2, 0.25) is 0 Å². The van der Waals surface area contributed by atoms with Gasteiger partial charge in [0.15, 0.2) is 0 Å². The van der Waals surface area contributed by atoms with Gasteiger partial charge in [0.1, 0.15) is 23.8 Å². The van der Waals surface area contributed by atoms with Crippen LogP contribution in [0.15, 0.2) is 6.20 Å². The Morgan fingerprint density at radius 3 is 2.43 bits per heavy atom. The molecule has 0 atom stereocenters. The van der Waals surface area contributed by atoms with Crippen LogP contribution in [0.25, 0.3) is 11.0 Å². The van der Waals surface area contributed by atoms with Gasteiger partial charge in [0.25, 0.3) is 0 Å². The van der Waals surface area contributed by atoms with Crippen molar-refractivity contribution < 1.29 is 9.90 Å². The second-order valence-electron chi connectivity index (χ2n) is 4.81. The van der Waals surface area contributed by atoms with Crippen LogP contribution < -0.4 is 0 Å². The zero-order valence-electron chi connectivity index (χ0n) is 14.8. The molecule has 0 unspecified atom stereocenters. The maximum atomic E-state index is 10.5. The molecule has 1 N–H and O–H groups in total. The number of hydrogen-bond donors (Lipinski definition) is 1. The van der Waals surface area contributed by atoms with Gasteiger partial charge in [0.05, 0.1) is 16.6 Å². The molecule has 126 valence electrons. The summed E-state index contributed by atoms with van der Waals surface area (Å²) in [4.78, 5) is 19.4. The molecule has 0 spiro atoms. The molecular weight excluding hydrogens is 292 g/mol. The maximum Gasteiger partial charge on any atom is 0.145 e. The average molecular weight is 318 g/mol. The first-order valence-electron chi connectivity index (χ1n) is 7.74. The molecule has 0 saturated heterocycles. The van der Waals surface area contributed by atoms with E-state index in [2.05, 4.69) is 16.0 Å². The van der Waals surface area contributed by atoms with E-state index < -0.39 is 0 Å². The molecular formula is C17H26N4O2. The molecule has 0 bridgehead atoms. The van der Waals surface area contributed by atoms with Crippen LogP contribution in [0.5, 0.6) is 0 Å². The molecule has 0 radical (unpaired) electrons. The number of carbonyl (C=O) groups is 1. The fraction of sp³-hybridized carbons (Fsp3) is 0.529. The van der Waals surface area contributed by atoms with Crippen molar-refractivity contribution in [2.75, 3.05) is 7.11 Å². The SMILES string of the molecule is CC.CO.Cc1nc(C(C)C)c2c(C#N)cn(CCC=O)c2n1. The normalized spacial score (nSPS) is 9.52. The minimum atomic E-state index is 0.221. The third-order valence-corrected chi connectivity index (χ3v) is 3.01. The number of rotatable bonds is 4. The van der Waals surface area contributed by atoms with E-state index in [4.69, 9.17) is 5.11 Å². The highest BCUT2D eigenvalue weighted by Gasteiger charge is 2.17. The highest BCUT2D eigenvalue weighted by atomic mass is 16.2. The number of aromatic nitrogens is 3. The van der Waals surface area contributed by atoms with Crippen molar-refractivity contribution in [2.24, 2.45) is 0 Å². The summed E-state index contributed by atoms with van der Waals surface area (Å²) in [6.45, 7) is 10.5. The molecule has 6 heteroatoms. The van der Waals surface area contributed by atoms with Gasteiger partial charge in [0, 0.05) is 26.3 Å². The summed E-state index contributed by atoms with van der Waals surface area (Å²) in [5.74, 6) is 0.907. The van der Waals surface area contributed by atoms with Crippen molar-refractivity contribution in [3.8, 4) is 6.07 Å². The minimum Gasteiger partial charge on any atom is -0.400 e. The third kappa shape index (κ3) is 4.86. The molecule has 2 heterocycles. The molecule has 0 fully saturated rings. The van der Waals surface area contributed by atoms with Crippen LogP contribution >= 0.6 is 0 Å². The van der Waals surface area contributed by atoms with Crippen molar-refractivity contribution in [3.05, 3.63) is 23.3 Å². The van der Waals surface area contributed by atoms with Crippen LogP contribution in [-0.2, 0) is 11.3 Å². The Hall–Kier alpha value is -2.26. The Labute approximate surface area is 137 Å². The molecule has 2 aromatic heterocycles. The first-order valence-corrected chi connectivity index (χ1v) is 7.74. The molecule has 0 saturated carbocycles. The van der Waals surface area contributed by atoms with E-state index in [-0.39, 0.29) is 5.92 Å². The summed E-state index contributed by atoms with van der Waals surface area (Å²) in [7, 11) is 1.00. The van der Waals surface area contributed by atoms with Gasteiger partial charge in [-0.25, -0.2) is 9.97 Å². The molecule has 0 aliphatic rings. The standard InChI is InChI=1S/C14H16N4O.C2H6.CH4O/c1-9(2)13-12-11(7-15)8-18(5-4-6-19)14(12)17-10(3)16-13;2*1-2/h6,8-9H,4-5H2,1-3H3;1-2H3;2H,1H3. The van der Waals surface area contributed by atoms with Crippen molar-refractivity contribution in [1.29, 1.82) is 5.26 Å². The van der Waals surface area contributed by atoms with Gasteiger partial charge in [-0.1, -0.05) is 27.7 Å². The van der Waals surface area contributed by atoms with Gasteiger partial charge >= 0.3 is 0 Å². The van der Waals surface area contributed by atoms with E-state index in [0.717, 1.165) is 30.1 Å². The number of carbonyl (C=O) groups excluding carboxylic acids is 1. The number of aliphatic hydroxyl groups excluding tert-OH is 1. The highest BCUT2D eigenvalue weighted by Crippen LogP contribution is 2.27. The van der Waals surface area contributed by atoms with Crippen molar-refractivity contribution in [1.82, 2.24) is 14.5 Å². The number of nitriles is 1. The van der Waals surface area contributed by atoms with E-state index in [0.29, 0.717) is 24.4 Å². The lowest BCUT2D eigenvalue weighted by Crippen LogP contribution is -2.03. The van der Waals surface area contributed by atoms with Gasteiger partial charge in [-0.15, -0.1) is 0 Å². The van der Waals surface area contributed by atoms with Gasteiger partial charge in [-0.3, -0.25) is 0 Å². The number of fused-ring (bicyclic) bond motifs is 1. The quantitative estimate of drug-likeness (QED) is 0.875. The van der Waals surface area contributed by atoms with Crippen LogP contribution in [-0.4, -0.2) is 33.0 Å². The van der Waals surface area contributed by atoms with Crippen molar-refractivity contribution in [2.45, 2.75) is 53.5 Å². The molecule has 23 heavy (non-hydrogen) atoms. The van der Waals surface area contributed by atoms with Crippen LogP contribution in [0.4, 0.5) is 0 Å². The van der Waals surface area contributed by atoms with Crippen molar-refractivity contribution in [3.63, 3.8) is 0 Å². The largest absolute Gasteiger partial charge is 0.400 e. The summed E-state index contributed by atoms with van der Waals surface area (Å²) in [6, 6.07) is 2.19. The van der Waals surface area contributed by atoms with E-state index in [1.807, 2.05) is 39.2 Å². The predicted octanol–water partition coefficient (Wildman–Crippen LogP) is 2.96. The summed E-state index contributed by atoms with van der Waals surface area (Å²) < 4.78 is 1.86. The summed E-state index contributed by atoms with van der Waals surface area (Å²) in [5, 5.41) is 17.1. The van der Waals surface area contributed by atoms with E-state index >= 15 is 0 Å². The fourth-order valence-corrected chi connectivity index (χ4v) is 2.19. The summed E-state index contributed by atoms with van der Waals surface area (Å²) >= 11 is 0. The Kier molecular flexibility index (Phi) is 9.44. The second kappa shape index (κ2) is 10.5. The van der Waals surface area contributed by atoms with Gasteiger partial charge in [0.2, 0.25) is 0 Å². The van der Waals surface area contributed by atoms with E-state index in [1.54, 1.807) is 6.20 Å². The third-order valence-electron chi connectivity index (χ3n) is 3.01. The second-order valence-corrected chi connectivity index (χ2v) is 4.81. The highest BCUT2D eigenvalue weighted by molar-refractivity contribution is 5.86. The Morgan fingerprint density at radius 1 is 1.35 bits per heavy atom. The zero-order valence-corrected chi connectivity index (χ0v) is 14.8.